The minimum Gasteiger partial charge on any atom is -0.487 e. The number of hydrogen-bond donors (Lipinski definition) is 4. The summed E-state index contributed by atoms with van der Waals surface area (Å²) < 4.78 is 5.98. The van der Waals surface area contributed by atoms with Gasteiger partial charge in [0.2, 0.25) is 5.91 Å². The number of anilines is 1. The monoisotopic (exact) mass is 517 g/mol. The Labute approximate surface area is 223 Å². The second-order valence-electron chi connectivity index (χ2n) is 9.60. The van der Waals surface area contributed by atoms with Crippen molar-refractivity contribution in [3.8, 4) is 5.75 Å². The highest BCUT2D eigenvalue weighted by molar-refractivity contribution is 5.99. The molecule has 8 heteroatoms. The maximum atomic E-state index is 13.0. The second kappa shape index (κ2) is 13.9. The van der Waals surface area contributed by atoms with E-state index in [4.69, 9.17) is 10.5 Å². The number of carboxylic acid groups (broad SMARTS) is 1. The number of aryl methyl sites for hydroxylation is 1. The maximum absolute atomic E-state index is 13.0. The van der Waals surface area contributed by atoms with Crippen LogP contribution in [0.4, 0.5) is 5.69 Å². The van der Waals surface area contributed by atoms with Crippen LogP contribution in [0.2, 0.25) is 0 Å². The Balaban J connectivity index is 1.77. The SMILES string of the molecule is CC(C)C[C@H](N)C(=O)Nc1ccc(C(=O)N[C@@H](CCc2ccccc2)C(=O)O)cc1OCc1ccccc1. The zero-order valence-corrected chi connectivity index (χ0v) is 21.7. The van der Waals surface area contributed by atoms with Crippen molar-refractivity contribution in [1.29, 1.82) is 0 Å². The zero-order valence-electron chi connectivity index (χ0n) is 21.7. The van der Waals surface area contributed by atoms with Crippen LogP contribution in [0.5, 0.6) is 5.75 Å². The Morgan fingerprint density at radius 3 is 2.16 bits per heavy atom. The highest BCUT2D eigenvalue weighted by Crippen LogP contribution is 2.28. The van der Waals surface area contributed by atoms with Crippen LogP contribution in [0.15, 0.2) is 78.9 Å². The Morgan fingerprint density at radius 1 is 0.921 bits per heavy atom. The second-order valence-corrected chi connectivity index (χ2v) is 9.60. The van der Waals surface area contributed by atoms with Crippen molar-refractivity contribution in [3.63, 3.8) is 0 Å². The summed E-state index contributed by atoms with van der Waals surface area (Å²) in [6.07, 6.45) is 1.27. The summed E-state index contributed by atoms with van der Waals surface area (Å²) >= 11 is 0. The van der Waals surface area contributed by atoms with E-state index in [0.717, 1.165) is 11.1 Å². The van der Waals surface area contributed by atoms with Crippen LogP contribution in [0, 0.1) is 5.92 Å². The Morgan fingerprint density at radius 2 is 1.55 bits per heavy atom. The molecule has 0 heterocycles. The summed E-state index contributed by atoms with van der Waals surface area (Å²) in [7, 11) is 0. The van der Waals surface area contributed by atoms with Gasteiger partial charge in [0, 0.05) is 5.56 Å². The predicted octanol–water partition coefficient (Wildman–Crippen LogP) is 4.39. The summed E-state index contributed by atoms with van der Waals surface area (Å²) in [4.78, 5) is 37.5. The normalized spacial score (nSPS) is 12.4. The third-order valence-corrected chi connectivity index (χ3v) is 5.97. The van der Waals surface area contributed by atoms with Gasteiger partial charge in [-0.3, -0.25) is 9.59 Å². The van der Waals surface area contributed by atoms with Crippen LogP contribution in [0.3, 0.4) is 0 Å². The standard InChI is InChI=1S/C30H35N3O5/c1-20(2)17-24(31)29(35)32-25-16-14-23(18-27(25)38-19-22-11-7-4-8-12-22)28(34)33-26(30(36)37)15-13-21-9-5-3-6-10-21/h3-12,14,16,18,20,24,26H,13,15,17,19,31H2,1-2H3,(H,32,35)(H,33,34)(H,36,37)/t24-,26-/m0/s1. The molecule has 3 aromatic carbocycles. The Bertz CT molecular complexity index is 1220. The summed E-state index contributed by atoms with van der Waals surface area (Å²) in [5.41, 5.74) is 8.52. The number of carbonyl (C=O) groups is 3. The summed E-state index contributed by atoms with van der Waals surface area (Å²) in [6.45, 7) is 4.18. The van der Waals surface area contributed by atoms with Crippen LogP contribution in [-0.2, 0) is 22.6 Å². The Hall–Kier alpha value is -4.17. The van der Waals surface area contributed by atoms with Crippen molar-refractivity contribution >= 4 is 23.5 Å². The van der Waals surface area contributed by atoms with Gasteiger partial charge in [0.05, 0.1) is 11.7 Å². The van der Waals surface area contributed by atoms with E-state index in [-0.39, 0.29) is 36.2 Å². The first-order valence-electron chi connectivity index (χ1n) is 12.7. The largest absolute Gasteiger partial charge is 0.487 e. The predicted molar refractivity (Wildman–Crippen MR) is 147 cm³/mol. The summed E-state index contributed by atoms with van der Waals surface area (Å²) in [5.74, 6) is -1.49. The molecule has 2 atom stereocenters. The minimum absolute atomic E-state index is 0.210. The average molecular weight is 518 g/mol. The third kappa shape index (κ3) is 8.74. The molecule has 0 aliphatic carbocycles. The van der Waals surface area contributed by atoms with Gasteiger partial charge in [0.25, 0.3) is 5.91 Å². The van der Waals surface area contributed by atoms with E-state index in [1.54, 1.807) is 6.07 Å². The summed E-state index contributed by atoms with van der Waals surface area (Å²) in [5, 5.41) is 15.1. The zero-order chi connectivity index (χ0) is 27.5. The van der Waals surface area contributed by atoms with E-state index in [9.17, 15) is 19.5 Å². The van der Waals surface area contributed by atoms with Gasteiger partial charge in [-0.05, 0) is 54.5 Å². The number of carboxylic acids is 1. The van der Waals surface area contributed by atoms with E-state index in [0.29, 0.717) is 18.5 Å². The fourth-order valence-corrected chi connectivity index (χ4v) is 3.92. The number of nitrogens with one attached hydrogen (secondary N) is 2. The minimum atomic E-state index is -1.11. The van der Waals surface area contributed by atoms with Crippen molar-refractivity contribution in [1.82, 2.24) is 5.32 Å². The molecule has 0 saturated carbocycles. The maximum Gasteiger partial charge on any atom is 0.326 e. The van der Waals surface area contributed by atoms with E-state index >= 15 is 0 Å². The average Bonchev–Trinajstić information content (AvgIpc) is 2.90. The van der Waals surface area contributed by atoms with Gasteiger partial charge in [0.1, 0.15) is 18.4 Å². The molecular weight excluding hydrogens is 482 g/mol. The van der Waals surface area contributed by atoms with Crippen LogP contribution in [0.25, 0.3) is 0 Å². The fourth-order valence-electron chi connectivity index (χ4n) is 3.92. The van der Waals surface area contributed by atoms with E-state index < -0.39 is 24.0 Å². The number of nitrogens with two attached hydrogens (primary N) is 1. The number of rotatable bonds is 13. The van der Waals surface area contributed by atoms with Crippen molar-refractivity contribution < 1.29 is 24.2 Å². The third-order valence-electron chi connectivity index (χ3n) is 5.97. The number of ether oxygens (including phenoxy) is 1. The molecule has 0 saturated heterocycles. The molecule has 200 valence electrons. The molecule has 0 bridgehead atoms. The van der Waals surface area contributed by atoms with Gasteiger partial charge in [-0.1, -0.05) is 74.5 Å². The molecular formula is C30H35N3O5. The van der Waals surface area contributed by atoms with E-state index in [2.05, 4.69) is 10.6 Å². The lowest BCUT2D eigenvalue weighted by atomic mass is 10.0. The topological polar surface area (TPSA) is 131 Å². The van der Waals surface area contributed by atoms with E-state index in [1.165, 1.54) is 12.1 Å². The fraction of sp³-hybridized carbons (Fsp3) is 0.300. The molecule has 3 rings (SSSR count). The van der Waals surface area contributed by atoms with Crippen molar-refractivity contribution in [2.45, 2.75) is 51.8 Å². The molecule has 0 unspecified atom stereocenters. The molecule has 5 N–H and O–H groups in total. The summed E-state index contributed by atoms with van der Waals surface area (Å²) in [6, 6.07) is 21.8. The lowest BCUT2D eigenvalue weighted by molar-refractivity contribution is -0.139. The first-order chi connectivity index (χ1) is 18.2. The van der Waals surface area contributed by atoms with Crippen molar-refractivity contribution in [2.75, 3.05) is 5.32 Å². The molecule has 2 amide bonds. The van der Waals surface area contributed by atoms with Gasteiger partial charge in [-0.25, -0.2) is 4.79 Å². The first kappa shape index (κ1) is 28.4. The van der Waals surface area contributed by atoms with Crippen LogP contribution in [0.1, 0.15) is 48.2 Å². The van der Waals surface area contributed by atoms with Gasteiger partial charge in [-0.2, -0.15) is 0 Å². The first-order valence-corrected chi connectivity index (χ1v) is 12.7. The van der Waals surface area contributed by atoms with Crippen molar-refractivity contribution in [3.05, 3.63) is 95.6 Å². The quantitative estimate of drug-likeness (QED) is 0.266. The molecule has 0 aliphatic heterocycles. The Kier molecular flexibility index (Phi) is 10.4. The number of carbonyl (C=O) groups excluding carboxylic acids is 2. The lowest BCUT2D eigenvalue weighted by Crippen LogP contribution is -2.41. The van der Waals surface area contributed by atoms with E-state index in [1.807, 2.05) is 74.5 Å². The molecule has 0 fully saturated rings. The molecule has 0 aromatic heterocycles. The number of hydrogen-bond acceptors (Lipinski definition) is 5. The van der Waals surface area contributed by atoms with Gasteiger partial charge in [-0.15, -0.1) is 0 Å². The van der Waals surface area contributed by atoms with Crippen molar-refractivity contribution in [2.24, 2.45) is 11.7 Å². The highest BCUT2D eigenvalue weighted by Gasteiger charge is 2.22. The van der Waals surface area contributed by atoms with Gasteiger partial charge >= 0.3 is 5.97 Å². The molecule has 38 heavy (non-hydrogen) atoms. The van der Waals surface area contributed by atoms with Crippen LogP contribution in [-0.4, -0.2) is 35.0 Å². The molecule has 3 aromatic rings. The number of benzene rings is 3. The van der Waals surface area contributed by atoms with Gasteiger partial charge in [0.15, 0.2) is 0 Å². The lowest BCUT2D eigenvalue weighted by Gasteiger charge is -2.18. The van der Waals surface area contributed by atoms with Crippen LogP contribution < -0.4 is 21.1 Å². The van der Waals surface area contributed by atoms with Crippen LogP contribution >= 0.6 is 0 Å². The molecule has 0 spiro atoms. The smallest absolute Gasteiger partial charge is 0.326 e. The number of amides is 2. The molecule has 0 aliphatic rings. The van der Waals surface area contributed by atoms with Gasteiger partial charge < -0.3 is 26.2 Å². The highest BCUT2D eigenvalue weighted by atomic mass is 16.5. The molecule has 8 nitrogen and oxygen atoms in total. The molecule has 0 radical (unpaired) electrons. The number of aliphatic carboxylic acids is 1.